The van der Waals surface area contributed by atoms with Crippen molar-refractivity contribution in [1.82, 2.24) is 15.1 Å². The molecule has 1 unspecified atom stereocenters. The molecule has 27 heavy (non-hydrogen) atoms. The lowest BCUT2D eigenvalue weighted by molar-refractivity contribution is 0.0762. The Morgan fingerprint density at radius 2 is 1.63 bits per heavy atom. The largest absolute Gasteiger partial charge is 0.337 e. The van der Waals surface area contributed by atoms with Crippen LogP contribution in [0.15, 0.2) is 24.3 Å². The van der Waals surface area contributed by atoms with E-state index in [1.807, 2.05) is 21.9 Å². The lowest BCUT2D eigenvalue weighted by Gasteiger charge is -2.24. The summed E-state index contributed by atoms with van der Waals surface area (Å²) < 4.78 is 0. The van der Waals surface area contributed by atoms with E-state index >= 15 is 0 Å². The zero-order valence-electron chi connectivity index (χ0n) is 16.7. The molecule has 5 heteroatoms. The van der Waals surface area contributed by atoms with E-state index in [0.29, 0.717) is 31.6 Å². The van der Waals surface area contributed by atoms with E-state index in [-0.39, 0.29) is 11.9 Å². The Kier molecular flexibility index (Phi) is 6.75. The predicted octanol–water partition coefficient (Wildman–Crippen LogP) is 4.00. The van der Waals surface area contributed by atoms with Gasteiger partial charge in [-0.05, 0) is 49.3 Å². The molecule has 1 aromatic carbocycles. The van der Waals surface area contributed by atoms with Crippen LogP contribution in [0.2, 0.25) is 0 Å². The lowest BCUT2D eigenvalue weighted by Crippen LogP contribution is -2.45. The highest BCUT2D eigenvalue weighted by molar-refractivity contribution is 5.94. The first kappa shape index (κ1) is 19.7. The summed E-state index contributed by atoms with van der Waals surface area (Å²) >= 11 is 0. The van der Waals surface area contributed by atoms with E-state index in [1.54, 1.807) is 0 Å². The average Bonchev–Trinajstić information content (AvgIpc) is 3.08. The zero-order valence-corrected chi connectivity index (χ0v) is 16.7. The number of rotatable bonds is 4. The van der Waals surface area contributed by atoms with Crippen molar-refractivity contribution in [3.8, 4) is 0 Å². The van der Waals surface area contributed by atoms with Gasteiger partial charge in [-0.1, -0.05) is 38.8 Å². The van der Waals surface area contributed by atoms with Crippen LogP contribution >= 0.6 is 0 Å². The molecule has 2 fully saturated rings. The van der Waals surface area contributed by atoms with Crippen LogP contribution in [0, 0.1) is 0 Å². The minimum Gasteiger partial charge on any atom is -0.337 e. The Labute approximate surface area is 163 Å². The zero-order chi connectivity index (χ0) is 19.2. The highest BCUT2D eigenvalue weighted by Crippen LogP contribution is 2.20. The van der Waals surface area contributed by atoms with Gasteiger partial charge in [0.05, 0.1) is 0 Å². The fourth-order valence-corrected chi connectivity index (χ4v) is 4.03. The van der Waals surface area contributed by atoms with E-state index in [2.05, 4.69) is 31.3 Å². The molecule has 0 bridgehead atoms. The smallest absolute Gasteiger partial charge is 0.317 e. The van der Waals surface area contributed by atoms with Gasteiger partial charge in [-0.15, -0.1) is 0 Å². The molecule has 0 aromatic heterocycles. The van der Waals surface area contributed by atoms with Crippen LogP contribution in [-0.4, -0.2) is 54.0 Å². The van der Waals surface area contributed by atoms with E-state index in [4.69, 9.17) is 0 Å². The van der Waals surface area contributed by atoms with Crippen LogP contribution in [0.4, 0.5) is 4.79 Å². The SMILES string of the molecule is CCC(C)c1ccc(C(=O)N2CCCN(C(=O)NC3CCCC3)CC2)cc1. The van der Waals surface area contributed by atoms with Crippen molar-refractivity contribution in [3.05, 3.63) is 35.4 Å². The second kappa shape index (κ2) is 9.25. The van der Waals surface area contributed by atoms with Gasteiger partial charge in [0.1, 0.15) is 0 Å². The van der Waals surface area contributed by atoms with Crippen molar-refractivity contribution in [2.24, 2.45) is 0 Å². The average molecular weight is 372 g/mol. The summed E-state index contributed by atoms with van der Waals surface area (Å²) in [4.78, 5) is 29.1. The van der Waals surface area contributed by atoms with Gasteiger partial charge < -0.3 is 15.1 Å². The van der Waals surface area contributed by atoms with Gasteiger partial charge in [-0.25, -0.2) is 4.79 Å². The highest BCUT2D eigenvalue weighted by atomic mass is 16.2. The van der Waals surface area contributed by atoms with Gasteiger partial charge in [-0.2, -0.15) is 0 Å². The van der Waals surface area contributed by atoms with Crippen molar-refractivity contribution in [1.29, 1.82) is 0 Å². The number of amides is 3. The third kappa shape index (κ3) is 5.02. The Morgan fingerprint density at radius 1 is 1.00 bits per heavy atom. The number of carbonyl (C=O) groups is 2. The van der Waals surface area contributed by atoms with Crippen molar-refractivity contribution in [2.45, 2.75) is 64.3 Å². The van der Waals surface area contributed by atoms with Crippen molar-refractivity contribution >= 4 is 11.9 Å². The number of urea groups is 1. The molecule has 1 aliphatic carbocycles. The first-order chi connectivity index (χ1) is 13.1. The summed E-state index contributed by atoms with van der Waals surface area (Å²) in [5, 5.41) is 3.16. The molecule has 1 aromatic rings. The van der Waals surface area contributed by atoms with Crippen molar-refractivity contribution in [2.75, 3.05) is 26.2 Å². The third-order valence-electron chi connectivity index (χ3n) is 6.09. The van der Waals surface area contributed by atoms with Crippen LogP contribution in [0.5, 0.6) is 0 Å². The number of hydrogen-bond acceptors (Lipinski definition) is 2. The maximum atomic E-state index is 12.9. The predicted molar refractivity (Wildman–Crippen MR) is 108 cm³/mol. The molecule has 0 spiro atoms. The summed E-state index contributed by atoms with van der Waals surface area (Å²) in [5.41, 5.74) is 2.02. The molecular formula is C22H33N3O2. The molecule has 148 valence electrons. The molecule has 2 aliphatic rings. The van der Waals surface area contributed by atoms with Gasteiger partial charge in [0, 0.05) is 37.8 Å². The second-order valence-corrected chi connectivity index (χ2v) is 7.99. The minimum atomic E-state index is 0.0362. The number of nitrogens with zero attached hydrogens (tertiary/aromatic N) is 2. The van der Waals surface area contributed by atoms with E-state index in [9.17, 15) is 9.59 Å². The quantitative estimate of drug-likeness (QED) is 0.870. The second-order valence-electron chi connectivity index (χ2n) is 7.99. The molecule has 1 saturated carbocycles. The van der Waals surface area contributed by atoms with Gasteiger partial charge in [-0.3, -0.25) is 4.79 Å². The molecule has 0 radical (unpaired) electrons. The summed E-state index contributed by atoms with van der Waals surface area (Å²) in [7, 11) is 0. The lowest BCUT2D eigenvalue weighted by atomic mass is 9.97. The van der Waals surface area contributed by atoms with E-state index in [0.717, 1.165) is 37.8 Å². The molecule has 1 atom stereocenters. The molecule has 5 nitrogen and oxygen atoms in total. The molecule has 3 amide bonds. The van der Waals surface area contributed by atoms with Crippen LogP contribution < -0.4 is 5.32 Å². The van der Waals surface area contributed by atoms with Crippen LogP contribution in [0.1, 0.15) is 74.2 Å². The van der Waals surface area contributed by atoms with Gasteiger partial charge in [0.15, 0.2) is 0 Å². The fourth-order valence-electron chi connectivity index (χ4n) is 4.03. The molecule has 1 saturated heterocycles. The maximum Gasteiger partial charge on any atom is 0.317 e. The van der Waals surface area contributed by atoms with Crippen LogP contribution in [0.3, 0.4) is 0 Å². The molecule has 1 heterocycles. The topological polar surface area (TPSA) is 52.7 Å². The number of benzene rings is 1. The van der Waals surface area contributed by atoms with Crippen molar-refractivity contribution in [3.63, 3.8) is 0 Å². The standard InChI is InChI=1S/C22H33N3O2/c1-3-17(2)18-9-11-19(12-10-18)21(26)24-13-6-14-25(16-15-24)22(27)23-20-7-4-5-8-20/h9-12,17,20H,3-8,13-16H2,1-2H3,(H,23,27). The Hall–Kier alpha value is -2.04. The number of nitrogens with one attached hydrogen (secondary N) is 1. The van der Waals surface area contributed by atoms with Gasteiger partial charge in [0.2, 0.25) is 0 Å². The van der Waals surface area contributed by atoms with Gasteiger partial charge >= 0.3 is 6.03 Å². The third-order valence-corrected chi connectivity index (χ3v) is 6.09. The molecule has 1 N–H and O–H groups in total. The maximum absolute atomic E-state index is 12.9. The molecular weight excluding hydrogens is 338 g/mol. The van der Waals surface area contributed by atoms with Gasteiger partial charge in [0.25, 0.3) is 5.91 Å². The summed E-state index contributed by atoms with van der Waals surface area (Å²) in [5.74, 6) is 0.586. The first-order valence-corrected chi connectivity index (χ1v) is 10.5. The monoisotopic (exact) mass is 371 g/mol. The summed E-state index contributed by atoms with van der Waals surface area (Å²) in [6, 6.07) is 8.40. The van der Waals surface area contributed by atoms with Crippen molar-refractivity contribution < 1.29 is 9.59 Å². The Balaban J connectivity index is 1.55. The Bertz CT molecular complexity index is 637. The number of carbonyl (C=O) groups excluding carboxylic acids is 2. The summed E-state index contributed by atoms with van der Waals surface area (Å²) in [6.07, 6.45) is 6.53. The van der Waals surface area contributed by atoms with Crippen LogP contribution in [-0.2, 0) is 0 Å². The van der Waals surface area contributed by atoms with E-state index < -0.39 is 0 Å². The fraction of sp³-hybridized carbons (Fsp3) is 0.636. The molecule has 3 rings (SSSR count). The van der Waals surface area contributed by atoms with E-state index in [1.165, 1.54) is 18.4 Å². The Morgan fingerprint density at radius 3 is 2.30 bits per heavy atom. The number of hydrogen-bond donors (Lipinski definition) is 1. The highest BCUT2D eigenvalue weighted by Gasteiger charge is 2.25. The minimum absolute atomic E-state index is 0.0362. The summed E-state index contributed by atoms with van der Waals surface area (Å²) in [6.45, 7) is 7.01. The molecule has 1 aliphatic heterocycles. The first-order valence-electron chi connectivity index (χ1n) is 10.5. The van der Waals surface area contributed by atoms with Crippen LogP contribution in [0.25, 0.3) is 0 Å². The normalized spacial score (nSPS) is 19.6.